The zero-order valence-corrected chi connectivity index (χ0v) is 12.1. The van der Waals surface area contributed by atoms with Gasteiger partial charge in [-0.3, -0.25) is 4.90 Å². The molecule has 1 aromatic heterocycles. The van der Waals surface area contributed by atoms with Gasteiger partial charge in [0.25, 0.3) is 0 Å². The molecule has 0 saturated carbocycles. The smallest absolute Gasteiger partial charge is 0.151 e. The van der Waals surface area contributed by atoms with E-state index in [1.54, 1.807) is 0 Å². The summed E-state index contributed by atoms with van der Waals surface area (Å²) in [6.07, 6.45) is 0. The summed E-state index contributed by atoms with van der Waals surface area (Å²) in [7, 11) is 0. The maximum atomic E-state index is 5.48. The fourth-order valence-corrected chi connectivity index (χ4v) is 2.62. The number of nitrogens with one attached hydrogen (secondary N) is 1. The summed E-state index contributed by atoms with van der Waals surface area (Å²) >= 11 is 0. The third kappa shape index (κ3) is 3.08. The third-order valence-electron chi connectivity index (χ3n) is 3.74. The maximum Gasteiger partial charge on any atom is 0.151 e. The number of hydrogen-bond donors (Lipinski definition) is 1. The summed E-state index contributed by atoms with van der Waals surface area (Å²) in [4.78, 5) is 2.40. The summed E-state index contributed by atoms with van der Waals surface area (Å²) in [6, 6.07) is 11.0. The lowest BCUT2D eigenvalue weighted by Crippen LogP contribution is -2.48. The van der Waals surface area contributed by atoms with Crippen LogP contribution in [0.25, 0.3) is 11.3 Å². The molecule has 0 bridgehead atoms. The second kappa shape index (κ2) is 5.77. The molecule has 1 aliphatic rings. The van der Waals surface area contributed by atoms with Crippen LogP contribution in [-0.2, 0) is 6.54 Å². The minimum Gasteiger partial charge on any atom is -0.359 e. The van der Waals surface area contributed by atoms with Gasteiger partial charge in [-0.05, 0) is 13.8 Å². The molecular formula is C16H21N3O. The summed E-state index contributed by atoms with van der Waals surface area (Å²) in [6.45, 7) is 8.30. The zero-order valence-electron chi connectivity index (χ0n) is 12.1. The topological polar surface area (TPSA) is 41.3 Å². The quantitative estimate of drug-likeness (QED) is 0.931. The van der Waals surface area contributed by atoms with Crippen LogP contribution in [0, 0.1) is 6.92 Å². The highest BCUT2D eigenvalue weighted by atomic mass is 16.5. The predicted molar refractivity (Wildman–Crippen MR) is 79.4 cm³/mol. The molecule has 3 rings (SSSR count). The van der Waals surface area contributed by atoms with Crippen molar-refractivity contribution < 1.29 is 4.52 Å². The zero-order chi connectivity index (χ0) is 13.9. The largest absolute Gasteiger partial charge is 0.359 e. The Morgan fingerprint density at radius 3 is 2.90 bits per heavy atom. The molecule has 1 aromatic carbocycles. The van der Waals surface area contributed by atoms with E-state index in [1.807, 2.05) is 0 Å². The first-order valence-electron chi connectivity index (χ1n) is 7.19. The van der Waals surface area contributed by atoms with E-state index in [9.17, 15) is 0 Å². The van der Waals surface area contributed by atoms with Crippen molar-refractivity contribution in [3.05, 3.63) is 41.7 Å². The molecule has 1 saturated heterocycles. The number of nitrogens with zero attached hydrogens (tertiary/aromatic N) is 2. The number of benzene rings is 1. The second-order valence-corrected chi connectivity index (χ2v) is 5.63. The summed E-state index contributed by atoms with van der Waals surface area (Å²) in [5.74, 6) is 0.940. The van der Waals surface area contributed by atoms with Crippen LogP contribution in [0.4, 0.5) is 0 Å². The van der Waals surface area contributed by atoms with Gasteiger partial charge in [0.15, 0.2) is 5.76 Å². The minimum atomic E-state index is 0.545. The van der Waals surface area contributed by atoms with Gasteiger partial charge in [0.1, 0.15) is 5.69 Å². The average molecular weight is 271 g/mol. The normalized spacial score (nSPS) is 20.2. The van der Waals surface area contributed by atoms with Crippen LogP contribution < -0.4 is 5.32 Å². The maximum absolute atomic E-state index is 5.48. The Balaban J connectivity index is 1.69. The van der Waals surface area contributed by atoms with Crippen molar-refractivity contribution in [3.63, 3.8) is 0 Å². The lowest BCUT2D eigenvalue weighted by molar-refractivity contribution is 0.180. The van der Waals surface area contributed by atoms with E-state index in [0.29, 0.717) is 6.04 Å². The van der Waals surface area contributed by atoms with E-state index >= 15 is 0 Å². The van der Waals surface area contributed by atoms with Crippen molar-refractivity contribution in [1.29, 1.82) is 0 Å². The van der Waals surface area contributed by atoms with Gasteiger partial charge in [-0.15, -0.1) is 0 Å². The SMILES string of the molecule is Cc1ccc(-c2cc(CN3CCN[C@@H](C)C3)on2)cc1. The lowest BCUT2D eigenvalue weighted by atomic mass is 10.1. The highest BCUT2D eigenvalue weighted by molar-refractivity contribution is 5.59. The summed E-state index contributed by atoms with van der Waals surface area (Å²) < 4.78 is 5.48. The Morgan fingerprint density at radius 1 is 1.35 bits per heavy atom. The van der Waals surface area contributed by atoms with Crippen LogP contribution in [0.2, 0.25) is 0 Å². The molecule has 0 unspecified atom stereocenters. The molecule has 0 spiro atoms. The second-order valence-electron chi connectivity index (χ2n) is 5.63. The lowest BCUT2D eigenvalue weighted by Gasteiger charge is -2.30. The Bertz CT molecular complexity index is 561. The molecule has 20 heavy (non-hydrogen) atoms. The molecule has 106 valence electrons. The van der Waals surface area contributed by atoms with Gasteiger partial charge in [-0.2, -0.15) is 0 Å². The standard InChI is InChI=1S/C16H21N3O/c1-12-3-5-14(6-4-12)16-9-15(20-18-16)11-19-8-7-17-13(2)10-19/h3-6,9,13,17H,7-8,10-11H2,1-2H3/t13-/m0/s1. The van der Waals surface area contributed by atoms with Gasteiger partial charge in [0, 0.05) is 37.3 Å². The molecule has 1 atom stereocenters. The van der Waals surface area contributed by atoms with E-state index in [1.165, 1.54) is 5.56 Å². The first-order valence-corrected chi connectivity index (χ1v) is 7.19. The van der Waals surface area contributed by atoms with Gasteiger partial charge in [-0.25, -0.2) is 0 Å². The molecule has 1 aliphatic heterocycles. The minimum absolute atomic E-state index is 0.545. The predicted octanol–water partition coefficient (Wildman–Crippen LogP) is 2.44. The van der Waals surface area contributed by atoms with E-state index in [2.05, 4.69) is 59.6 Å². The summed E-state index contributed by atoms with van der Waals surface area (Å²) in [5.41, 5.74) is 3.29. The van der Waals surface area contributed by atoms with Crippen LogP contribution in [0.3, 0.4) is 0 Å². The number of piperazine rings is 1. The van der Waals surface area contributed by atoms with Crippen molar-refractivity contribution in [2.45, 2.75) is 26.4 Å². The fraction of sp³-hybridized carbons (Fsp3) is 0.438. The van der Waals surface area contributed by atoms with E-state index in [0.717, 1.165) is 43.2 Å². The number of hydrogen-bond acceptors (Lipinski definition) is 4. The monoisotopic (exact) mass is 271 g/mol. The van der Waals surface area contributed by atoms with Crippen molar-refractivity contribution in [3.8, 4) is 11.3 Å². The summed E-state index contributed by atoms with van der Waals surface area (Å²) in [5, 5.41) is 7.63. The van der Waals surface area contributed by atoms with Crippen LogP contribution in [0.5, 0.6) is 0 Å². The van der Waals surface area contributed by atoms with Crippen LogP contribution in [-0.4, -0.2) is 35.7 Å². The molecule has 0 aliphatic carbocycles. The van der Waals surface area contributed by atoms with Crippen molar-refractivity contribution >= 4 is 0 Å². The molecule has 2 aromatic rings. The number of rotatable bonds is 3. The van der Waals surface area contributed by atoms with Gasteiger partial charge < -0.3 is 9.84 Å². The van der Waals surface area contributed by atoms with Crippen LogP contribution in [0.1, 0.15) is 18.2 Å². The van der Waals surface area contributed by atoms with Crippen molar-refractivity contribution in [2.24, 2.45) is 0 Å². The molecule has 0 radical (unpaired) electrons. The van der Waals surface area contributed by atoms with Gasteiger partial charge >= 0.3 is 0 Å². The Labute approximate surface area is 119 Å². The van der Waals surface area contributed by atoms with Crippen LogP contribution >= 0.6 is 0 Å². The first-order chi connectivity index (χ1) is 9.70. The van der Waals surface area contributed by atoms with E-state index < -0.39 is 0 Å². The molecular weight excluding hydrogens is 250 g/mol. The molecule has 2 heterocycles. The van der Waals surface area contributed by atoms with Crippen molar-refractivity contribution in [2.75, 3.05) is 19.6 Å². The molecule has 1 N–H and O–H groups in total. The third-order valence-corrected chi connectivity index (χ3v) is 3.74. The van der Waals surface area contributed by atoms with E-state index in [-0.39, 0.29) is 0 Å². The molecule has 4 heteroatoms. The molecule has 1 fully saturated rings. The molecule has 4 nitrogen and oxygen atoms in total. The van der Waals surface area contributed by atoms with E-state index in [4.69, 9.17) is 4.52 Å². The van der Waals surface area contributed by atoms with Gasteiger partial charge in [0.05, 0.1) is 6.54 Å². The molecule has 0 amide bonds. The van der Waals surface area contributed by atoms with Crippen LogP contribution in [0.15, 0.2) is 34.9 Å². The average Bonchev–Trinajstić information content (AvgIpc) is 2.88. The number of aryl methyl sites for hydroxylation is 1. The van der Waals surface area contributed by atoms with Crippen molar-refractivity contribution in [1.82, 2.24) is 15.4 Å². The first kappa shape index (κ1) is 13.3. The number of aromatic nitrogens is 1. The Kier molecular flexibility index (Phi) is 3.85. The Hall–Kier alpha value is -1.65. The highest BCUT2D eigenvalue weighted by Gasteiger charge is 2.17. The van der Waals surface area contributed by atoms with Gasteiger partial charge in [0.2, 0.25) is 0 Å². The van der Waals surface area contributed by atoms with Gasteiger partial charge in [-0.1, -0.05) is 35.0 Å². The highest BCUT2D eigenvalue weighted by Crippen LogP contribution is 2.20. The fourth-order valence-electron chi connectivity index (χ4n) is 2.62. The Morgan fingerprint density at radius 2 is 2.15 bits per heavy atom.